The normalized spacial score (nSPS) is 25.6. The SMILES string of the molecule is CC(=O)N1CC2=C(C(C)(C)C)[C@H](C)N=C(C(C)(C)C)N2CC1CO. The number of hydrogen-bond acceptors (Lipinski definition) is 4. The summed E-state index contributed by atoms with van der Waals surface area (Å²) in [5.41, 5.74) is 2.38. The van der Waals surface area contributed by atoms with Crippen LogP contribution in [0.3, 0.4) is 0 Å². The maximum Gasteiger partial charge on any atom is 0.220 e. The van der Waals surface area contributed by atoms with Crippen molar-refractivity contribution in [3.8, 4) is 0 Å². The summed E-state index contributed by atoms with van der Waals surface area (Å²) >= 11 is 0. The predicted molar refractivity (Wildman–Crippen MR) is 97.8 cm³/mol. The average Bonchev–Trinajstić information content (AvgIpc) is 2.42. The topological polar surface area (TPSA) is 56.1 Å². The van der Waals surface area contributed by atoms with Gasteiger partial charge in [-0.25, -0.2) is 0 Å². The number of aliphatic hydroxyl groups is 1. The van der Waals surface area contributed by atoms with E-state index in [-0.39, 0.29) is 35.4 Å². The number of piperazine rings is 1. The van der Waals surface area contributed by atoms with Crippen molar-refractivity contribution in [2.45, 2.75) is 67.5 Å². The highest BCUT2D eigenvalue weighted by molar-refractivity contribution is 5.91. The first-order valence-corrected chi connectivity index (χ1v) is 8.85. The molecule has 5 nitrogen and oxygen atoms in total. The van der Waals surface area contributed by atoms with Gasteiger partial charge in [-0.3, -0.25) is 9.79 Å². The van der Waals surface area contributed by atoms with E-state index in [4.69, 9.17) is 4.99 Å². The Hall–Kier alpha value is -1.36. The third-order valence-corrected chi connectivity index (χ3v) is 4.87. The van der Waals surface area contributed by atoms with Crippen molar-refractivity contribution in [3.05, 3.63) is 11.3 Å². The molecular formula is C19H33N3O2. The average molecular weight is 335 g/mol. The van der Waals surface area contributed by atoms with Gasteiger partial charge in [-0.1, -0.05) is 41.5 Å². The standard InChI is InChI=1S/C19H33N3O2/c1-12-16(18(3,4)5)15-10-21(13(2)24)14(11-23)9-22(15)17(20-12)19(6,7)8/h12,14,23H,9-11H2,1-8H3/t12-,14?/m0/s1. The smallest absolute Gasteiger partial charge is 0.220 e. The third kappa shape index (κ3) is 3.37. The maximum absolute atomic E-state index is 12.1. The highest BCUT2D eigenvalue weighted by Gasteiger charge is 2.43. The molecule has 0 aromatic rings. The lowest BCUT2D eigenvalue weighted by Crippen LogP contribution is -2.60. The molecule has 2 rings (SSSR count). The Balaban J connectivity index is 2.59. The van der Waals surface area contributed by atoms with Crippen LogP contribution in [0.25, 0.3) is 0 Å². The predicted octanol–water partition coefficient (Wildman–Crippen LogP) is 2.66. The van der Waals surface area contributed by atoms with Gasteiger partial charge in [0.25, 0.3) is 0 Å². The van der Waals surface area contributed by atoms with Gasteiger partial charge >= 0.3 is 0 Å². The monoisotopic (exact) mass is 335 g/mol. The Morgan fingerprint density at radius 3 is 2.21 bits per heavy atom. The van der Waals surface area contributed by atoms with Gasteiger partial charge in [0.05, 0.1) is 25.2 Å². The van der Waals surface area contributed by atoms with Crippen molar-refractivity contribution >= 4 is 11.7 Å². The molecular weight excluding hydrogens is 302 g/mol. The second-order valence-corrected chi connectivity index (χ2v) is 9.08. The fourth-order valence-corrected chi connectivity index (χ4v) is 3.98. The van der Waals surface area contributed by atoms with E-state index in [0.717, 1.165) is 5.84 Å². The third-order valence-electron chi connectivity index (χ3n) is 4.87. The highest BCUT2D eigenvalue weighted by Crippen LogP contribution is 2.40. The molecule has 0 saturated carbocycles. The van der Waals surface area contributed by atoms with Crippen LogP contribution in [0.1, 0.15) is 55.4 Å². The molecule has 24 heavy (non-hydrogen) atoms. The lowest BCUT2D eigenvalue weighted by Gasteiger charge is -2.50. The number of amides is 1. The summed E-state index contributed by atoms with van der Waals surface area (Å²) in [7, 11) is 0. The molecule has 1 saturated heterocycles. The number of carbonyl (C=O) groups excluding carboxylic acids is 1. The van der Waals surface area contributed by atoms with Gasteiger partial charge in [-0.05, 0) is 17.9 Å². The van der Waals surface area contributed by atoms with E-state index in [2.05, 4.69) is 53.4 Å². The minimum absolute atomic E-state index is 0.0157. The number of aliphatic hydroxyl groups excluding tert-OH is 1. The number of amidine groups is 1. The van der Waals surface area contributed by atoms with E-state index in [9.17, 15) is 9.90 Å². The van der Waals surface area contributed by atoms with Gasteiger partial charge in [0.1, 0.15) is 5.84 Å². The minimum atomic E-state index is -0.187. The Bertz CT molecular complexity index is 578. The Morgan fingerprint density at radius 2 is 1.79 bits per heavy atom. The van der Waals surface area contributed by atoms with E-state index >= 15 is 0 Å². The molecule has 1 N–H and O–H groups in total. The summed E-state index contributed by atoms with van der Waals surface area (Å²) in [6.45, 7) is 18.0. The first-order valence-electron chi connectivity index (χ1n) is 8.85. The van der Waals surface area contributed by atoms with Gasteiger partial charge in [0.15, 0.2) is 0 Å². The molecule has 1 amide bonds. The first kappa shape index (κ1) is 19.0. The number of aliphatic imine (C=N–C) groups is 1. The zero-order valence-corrected chi connectivity index (χ0v) is 16.5. The van der Waals surface area contributed by atoms with Crippen LogP contribution in [0.4, 0.5) is 0 Å². The summed E-state index contributed by atoms with van der Waals surface area (Å²) in [5.74, 6) is 1.07. The zero-order valence-electron chi connectivity index (χ0n) is 16.5. The molecule has 2 heterocycles. The van der Waals surface area contributed by atoms with Crippen molar-refractivity contribution < 1.29 is 9.90 Å². The number of rotatable bonds is 1. The zero-order chi connectivity index (χ0) is 18.4. The fraction of sp³-hybridized carbons (Fsp3) is 0.789. The lowest BCUT2D eigenvalue weighted by atomic mass is 9.78. The van der Waals surface area contributed by atoms with Crippen LogP contribution >= 0.6 is 0 Å². The molecule has 0 aromatic carbocycles. The largest absolute Gasteiger partial charge is 0.394 e. The van der Waals surface area contributed by atoms with Crippen LogP contribution in [0.2, 0.25) is 0 Å². The van der Waals surface area contributed by atoms with E-state index in [1.54, 1.807) is 11.8 Å². The van der Waals surface area contributed by atoms with Crippen molar-refractivity contribution in [3.63, 3.8) is 0 Å². The molecule has 2 aliphatic rings. The minimum Gasteiger partial charge on any atom is -0.394 e. The van der Waals surface area contributed by atoms with Crippen LogP contribution in [-0.2, 0) is 4.79 Å². The van der Waals surface area contributed by atoms with E-state index in [0.29, 0.717) is 13.1 Å². The summed E-state index contributed by atoms with van der Waals surface area (Å²) < 4.78 is 0. The maximum atomic E-state index is 12.1. The van der Waals surface area contributed by atoms with Gasteiger partial charge in [0.2, 0.25) is 5.91 Å². The first-order chi connectivity index (χ1) is 10.9. The van der Waals surface area contributed by atoms with Crippen LogP contribution in [-0.4, -0.2) is 58.4 Å². The van der Waals surface area contributed by atoms with Crippen molar-refractivity contribution in [1.82, 2.24) is 9.80 Å². The highest BCUT2D eigenvalue weighted by atomic mass is 16.3. The number of carbonyl (C=O) groups is 1. The second kappa shape index (κ2) is 6.17. The Labute approximate surface area is 146 Å². The molecule has 1 fully saturated rings. The van der Waals surface area contributed by atoms with Crippen LogP contribution in [0.5, 0.6) is 0 Å². The van der Waals surface area contributed by atoms with E-state index in [1.165, 1.54) is 11.3 Å². The lowest BCUT2D eigenvalue weighted by molar-refractivity contribution is -0.133. The van der Waals surface area contributed by atoms with Gasteiger partial charge in [-0.2, -0.15) is 0 Å². The molecule has 0 radical (unpaired) electrons. The van der Waals surface area contributed by atoms with Crippen molar-refractivity contribution in [2.24, 2.45) is 15.8 Å². The van der Waals surface area contributed by atoms with Gasteiger partial charge in [-0.15, -0.1) is 0 Å². The van der Waals surface area contributed by atoms with Crippen LogP contribution in [0.15, 0.2) is 16.3 Å². The summed E-state index contributed by atoms with van der Waals surface area (Å²) in [6.07, 6.45) is 0. The number of hydrogen-bond donors (Lipinski definition) is 1. The molecule has 1 unspecified atom stereocenters. The Morgan fingerprint density at radius 1 is 1.21 bits per heavy atom. The van der Waals surface area contributed by atoms with Gasteiger partial charge in [0, 0.05) is 24.6 Å². The molecule has 2 aliphatic heterocycles. The molecule has 0 spiro atoms. The number of nitrogens with zero attached hydrogens (tertiary/aromatic N) is 3. The molecule has 0 bridgehead atoms. The quantitative estimate of drug-likeness (QED) is 0.801. The number of fused-ring (bicyclic) bond motifs is 1. The summed E-state index contributed by atoms with van der Waals surface area (Å²) in [4.78, 5) is 21.2. The molecule has 0 aromatic heterocycles. The van der Waals surface area contributed by atoms with Crippen LogP contribution < -0.4 is 0 Å². The molecule has 0 aliphatic carbocycles. The second-order valence-electron chi connectivity index (χ2n) is 9.08. The molecule has 5 heteroatoms. The molecule has 136 valence electrons. The fourth-order valence-electron chi connectivity index (χ4n) is 3.98. The van der Waals surface area contributed by atoms with E-state index < -0.39 is 0 Å². The van der Waals surface area contributed by atoms with Crippen molar-refractivity contribution in [2.75, 3.05) is 19.7 Å². The molecule has 2 atom stereocenters. The summed E-state index contributed by atoms with van der Waals surface area (Å²) in [5, 5.41) is 9.79. The Kier molecular flexibility index (Phi) is 4.88. The van der Waals surface area contributed by atoms with Crippen LogP contribution in [0, 0.1) is 10.8 Å². The summed E-state index contributed by atoms with van der Waals surface area (Å²) in [6, 6.07) is -0.0848. The van der Waals surface area contributed by atoms with E-state index in [1.807, 2.05) is 0 Å². The van der Waals surface area contributed by atoms with Crippen molar-refractivity contribution in [1.29, 1.82) is 0 Å². The van der Waals surface area contributed by atoms with Gasteiger partial charge < -0.3 is 14.9 Å².